The standard InChI is InChI=1S/C17H19FN4O3S/c18-13-3-1-4-16(9-13)26(24,25)21-11-14-6-7-19-22(14)15(12-21)10-20-8-2-5-17(20)23/h1,3-4,6-7,9,15H,2,5,8,10-12H2. The van der Waals surface area contributed by atoms with Crippen LogP contribution >= 0.6 is 0 Å². The SMILES string of the molecule is O=C1CCCN1CC1CN(S(=O)(=O)c2cccc(F)c2)Cc2ccnn21. The van der Waals surface area contributed by atoms with Crippen LogP contribution in [0.25, 0.3) is 0 Å². The Kier molecular flexibility index (Phi) is 4.28. The Morgan fingerprint density at radius 2 is 2.12 bits per heavy atom. The lowest BCUT2D eigenvalue weighted by Crippen LogP contribution is -2.45. The maximum absolute atomic E-state index is 13.5. The first kappa shape index (κ1) is 17.2. The van der Waals surface area contributed by atoms with Gasteiger partial charge in [-0.3, -0.25) is 9.48 Å². The average molecular weight is 378 g/mol. The van der Waals surface area contributed by atoms with Crippen molar-refractivity contribution >= 4 is 15.9 Å². The van der Waals surface area contributed by atoms with Crippen LogP contribution in [0.5, 0.6) is 0 Å². The third-order valence-electron chi connectivity index (χ3n) is 4.89. The van der Waals surface area contributed by atoms with E-state index < -0.39 is 15.8 Å². The number of nitrogens with zero attached hydrogens (tertiary/aromatic N) is 4. The molecule has 1 aromatic carbocycles. The van der Waals surface area contributed by atoms with E-state index in [0.717, 1.165) is 18.2 Å². The Balaban J connectivity index is 1.64. The number of fused-ring (bicyclic) bond motifs is 1. The number of carbonyl (C=O) groups excluding carboxylic acids is 1. The van der Waals surface area contributed by atoms with Crippen molar-refractivity contribution < 1.29 is 17.6 Å². The van der Waals surface area contributed by atoms with Gasteiger partial charge in [0.1, 0.15) is 5.82 Å². The number of halogens is 1. The van der Waals surface area contributed by atoms with Crippen LogP contribution in [0.2, 0.25) is 0 Å². The number of benzene rings is 1. The minimum atomic E-state index is -3.84. The van der Waals surface area contributed by atoms with Gasteiger partial charge >= 0.3 is 0 Å². The normalized spacial score (nSPS) is 21.2. The minimum Gasteiger partial charge on any atom is -0.340 e. The van der Waals surface area contributed by atoms with Crippen LogP contribution in [-0.2, 0) is 21.4 Å². The number of likely N-dealkylation sites (tertiary alicyclic amines) is 1. The van der Waals surface area contributed by atoms with Crippen molar-refractivity contribution in [3.8, 4) is 0 Å². The number of hydrogen-bond acceptors (Lipinski definition) is 4. The number of hydrogen-bond donors (Lipinski definition) is 0. The van der Waals surface area contributed by atoms with Crippen molar-refractivity contribution in [2.75, 3.05) is 19.6 Å². The molecular formula is C17H19FN4O3S. The second-order valence-corrected chi connectivity index (χ2v) is 8.56. The highest BCUT2D eigenvalue weighted by Gasteiger charge is 2.35. The Morgan fingerprint density at radius 3 is 2.85 bits per heavy atom. The second kappa shape index (κ2) is 6.48. The molecule has 2 aliphatic rings. The van der Waals surface area contributed by atoms with E-state index in [9.17, 15) is 17.6 Å². The van der Waals surface area contributed by atoms with Gasteiger partial charge in [-0.2, -0.15) is 9.40 Å². The van der Waals surface area contributed by atoms with E-state index in [1.165, 1.54) is 22.5 Å². The molecule has 0 saturated carbocycles. The molecular weight excluding hydrogens is 359 g/mol. The van der Waals surface area contributed by atoms with Crippen molar-refractivity contribution in [1.82, 2.24) is 19.0 Å². The Hall–Kier alpha value is -2.26. The molecule has 138 valence electrons. The quantitative estimate of drug-likeness (QED) is 0.806. The molecule has 0 bridgehead atoms. The number of carbonyl (C=O) groups is 1. The molecule has 2 aromatic rings. The summed E-state index contributed by atoms with van der Waals surface area (Å²) in [6, 6.07) is 6.53. The van der Waals surface area contributed by atoms with Crippen molar-refractivity contribution in [1.29, 1.82) is 0 Å². The van der Waals surface area contributed by atoms with E-state index in [2.05, 4.69) is 5.10 Å². The number of aromatic nitrogens is 2. The highest BCUT2D eigenvalue weighted by molar-refractivity contribution is 7.89. The summed E-state index contributed by atoms with van der Waals surface area (Å²) in [5, 5.41) is 4.31. The largest absolute Gasteiger partial charge is 0.340 e. The molecule has 0 N–H and O–H groups in total. The highest BCUT2D eigenvalue weighted by atomic mass is 32.2. The summed E-state index contributed by atoms with van der Waals surface area (Å²) in [6.07, 6.45) is 2.99. The Bertz CT molecular complexity index is 943. The first-order chi connectivity index (χ1) is 12.4. The predicted molar refractivity (Wildman–Crippen MR) is 91.1 cm³/mol. The fourth-order valence-corrected chi connectivity index (χ4v) is 5.08. The van der Waals surface area contributed by atoms with Gasteiger partial charge in [-0.25, -0.2) is 12.8 Å². The summed E-state index contributed by atoms with van der Waals surface area (Å²) >= 11 is 0. The van der Waals surface area contributed by atoms with Crippen molar-refractivity contribution in [3.63, 3.8) is 0 Å². The number of rotatable bonds is 4. The van der Waals surface area contributed by atoms with Gasteiger partial charge in [0.05, 0.1) is 23.2 Å². The molecule has 1 saturated heterocycles. The molecule has 0 radical (unpaired) electrons. The minimum absolute atomic E-state index is 0.0681. The zero-order valence-electron chi connectivity index (χ0n) is 14.1. The van der Waals surface area contributed by atoms with Gasteiger partial charge in [-0.15, -0.1) is 0 Å². The molecule has 1 atom stereocenters. The Labute approximate surface area is 151 Å². The summed E-state index contributed by atoms with van der Waals surface area (Å²) < 4.78 is 42.6. The highest BCUT2D eigenvalue weighted by Crippen LogP contribution is 2.28. The van der Waals surface area contributed by atoms with Crippen LogP contribution in [0.3, 0.4) is 0 Å². The van der Waals surface area contributed by atoms with E-state index in [-0.39, 0.29) is 29.9 Å². The topological polar surface area (TPSA) is 75.5 Å². The lowest BCUT2D eigenvalue weighted by atomic mass is 10.2. The molecule has 1 unspecified atom stereocenters. The predicted octanol–water partition coefficient (Wildman–Crippen LogP) is 1.39. The van der Waals surface area contributed by atoms with Gasteiger partial charge in [-0.05, 0) is 30.7 Å². The van der Waals surface area contributed by atoms with Crippen LogP contribution in [-0.4, -0.2) is 52.9 Å². The van der Waals surface area contributed by atoms with Crippen molar-refractivity contribution in [2.24, 2.45) is 0 Å². The maximum Gasteiger partial charge on any atom is 0.243 e. The fraction of sp³-hybridized carbons (Fsp3) is 0.412. The van der Waals surface area contributed by atoms with Crippen molar-refractivity contribution in [2.45, 2.75) is 30.3 Å². The molecule has 1 amide bonds. The van der Waals surface area contributed by atoms with Crippen molar-refractivity contribution in [3.05, 3.63) is 48.0 Å². The molecule has 0 spiro atoms. The van der Waals surface area contributed by atoms with E-state index >= 15 is 0 Å². The van der Waals surface area contributed by atoms with Crippen LogP contribution < -0.4 is 0 Å². The van der Waals surface area contributed by atoms with Gasteiger partial charge in [0, 0.05) is 32.3 Å². The lowest BCUT2D eigenvalue weighted by Gasteiger charge is -2.35. The zero-order chi connectivity index (χ0) is 18.3. The summed E-state index contributed by atoms with van der Waals surface area (Å²) in [5.74, 6) is -0.504. The van der Waals surface area contributed by atoms with Crippen LogP contribution in [0.4, 0.5) is 4.39 Å². The summed E-state index contributed by atoms with van der Waals surface area (Å²) in [5.41, 5.74) is 0.757. The van der Waals surface area contributed by atoms with Gasteiger partial charge in [-0.1, -0.05) is 6.07 Å². The molecule has 0 aliphatic carbocycles. The van der Waals surface area contributed by atoms with Crippen LogP contribution in [0, 0.1) is 5.82 Å². The monoisotopic (exact) mass is 378 g/mol. The molecule has 9 heteroatoms. The molecule has 3 heterocycles. The van der Waals surface area contributed by atoms with Gasteiger partial charge in [0.15, 0.2) is 0 Å². The number of amides is 1. The summed E-state index contributed by atoms with van der Waals surface area (Å²) in [7, 11) is -3.84. The van der Waals surface area contributed by atoms with Crippen LogP contribution in [0.15, 0.2) is 41.4 Å². The molecule has 2 aliphatic heterocycles. The molecule has 1 aromatic heterocycles. The third kappa shape index (κ3) is 3.01. The summed E-state index contributed by atoms with van der Waals surface area (Å²) in [4.78, 5) is 13.6. The average Bonchev–Trinajstić information content (AvgIpc) is 3.24. The van der Waals surface area contributed by atoms with Gasteiger partial charge < -0.3 is 4.90 Å². The second-order valence-electron chi connectivity index (χ2n) is 6.62. The molecule has 1 fully saturated rings. The lowest BCUT2D eigenvalue weighted by molar-refractivity contribution is -0.128. The van der Waals surface area contributed by atoms with Gasteiger partial charge in [0.2, 0.25) is 15.9 Å². The summed E-state index contributed by atoms with van der Waals surface area (Å²) in [6.45, 7) is 1.46. The maximum atomic E-state index is 13.5. The molecule has 26 heavy (non-hydrogen) atoms. The molecule has 7 nitrogen and oxygen atoms in total. The van der Waals surface area contributed by atoms with E-state index in [1.54, 1.807) is 21.8 Å². The van der Waals surface area contributed by atoms with E-state index in [0.29, 0.717) is 19.5 Å². The van der Waals surface area contributed by atoms with Crippen LogP contribution in [0.1, 0.15) is 24.6 Å². The number of sulfonamides is 1. The molecule has 4 rings (SSSR count). The smallest absolute Gasteiger partial charge is 0.243 e. The Morgan fingerprint density at radius 1 is 1.27 bits per heavy atom. The fourth-order valence-electron chi connectivity index (χ4n) is 3.60. The third-order valence-corrected chi connectivity index (χ3v) is 6.69. The van der Waals surface area contributed by atoms with Gasteiger partial charge in [0.25, 0.3) is 0 Å². The first-order valence-electron chi connectivity index (χ1n) is 8.51. The zero-order valence-corrected chi connectivity index (χ0v) is 14.9. The first-order valence-corrected chi connectivity index (χ1v) is 9.95. The van der Waals surface area contributed by atoms with E-state index in [4.69, 9.17) is 0 Å². The van der Waals surface area contributed by atoms with E-state index in [1.807, 2.05) is 0 Å².